The SMILES string of the molecule is Nc1nc(N2CCC3(CC2)CC2CCCC2C3N)cnc1Sc1ccnc(N)c1Cl. The number of fused-ring (bicyclic) bond motifs is 1. The van der Waals surface area contributed by atoms with Gasteiger partial charge in [-0.3, -0.25) is 0 Å². The zero-order valence-electron chi connectivity index (χ0n) is 16.9. The zero-order chi connectivity index (χ0) is 20.9. The lowest BCUT2D eigenvalue weighted by atomic mass is 9.72. The third-order valence-electron chi connectivity index (χ3n) is 7.48. The summed E-state index contributed by atoms with van der Waals surface area (Å²) in [6, 6.07) is 2.16. The molecule has 7 nitrogen and oxygen atoms in total. The maximum Gasteiger partial charge on any atom is 0.158 e. The summed E-state index contributed by atoms with van der Waals surface area (Å²) in [5.41, 5.74) is 19.1. The first-order valence-corrected chi connectivity index (χ1v) is 11.9. The van der Waals surface area contributed by atoms with Crippen molar-refractivity contribution in [3.8, 4) is 0 Å². The first kappa shape index (κ1) is 20.2. The second-order valence-electron chi connectivity index (χ2n) is 8.96. The van der Waals surface area contributed by atoms with Gasteiger partial charge in [0.2, 0.25) is 0 Å². The van der Waals surface area contributed by atoms with Crippen LogP contribution in [0.4, 0.5) is 17.5 Å². The maximum atomic E-state index is 6.76. The minimum Gasteiger partial charge on any atom is -0.382 e. The molecule has 1 aliphatic heterocycles. The van der Waals surface area contributed by atoms with Gasteiger partial charge in [0.15, 0.2) is 5.82 Å². The summed E-state index contributed by atoms with van der Waals surface area (Å²) >= 11 is 7.59. The summed E-state index contributed by atoms with van der Waals surface area (Å²) in [5.74, 6) is 3.13. The van der Waals surface area contributed by atoms with Crippen LogP contribution in [0.15, 0.2) is 28.4 Å². The van der Waals surface area contributed by atoms with Crippen LogP contribution >= 0.6 is 23.4 Å². The van der Waals surface area contributed by atoms with E-state index in [1.165, 1.54) is 37.4 Å². The molecule has 6 N–H and O–H groups in total. The smallest absolute Gasteiger partial charge is 0.158 e. The van der Waals surface area contributed by atoms with E-state index < -0.39 is 0 Å². The van der Waals surface area contributed by atoms with E-state index in [0.717, 1.165) is 48.5 Å². The Kier molecular flexibility index (Phi) is 5.19. The summed E-state index contributed by atoms with van der Waals surface area (Å²) in [6.45, 7) is 1.92. The molecule has 1 spiro atoms. The second kappa shape index (κ2) is 7.73. The molecule has 9 heteroatoms. The topological polar surface area (TPSA) is 120 Å². The molecule has 0 amide bonds. The van der Waals surface area contributed by atoms with Crippen molar-refractivity contribution in [3.63, 3.8) is 0 Å². The Balaban J connectivity index is 1.27. The summed E-state index contributed by atoms with van der Waals surface area (Å²) in [7, 11) is 0. The van der Waals surface area contributed by atoms with Crippen LogP contribution in [0.2, 0.25) is 5.02 Å². The lowest BCUT2D eigenvalue weighted by Crippen LogP contribution is -2.49. The highest BCUT2D eigenvalue weighted by atomic mass is 35.5. The van der Waals surface area contributed by atoms with Gasteiger partial charge in [0.1, 0.15) is 16.7 Å². The van der Waals surface area contributed by atoms with Gasteiger partial charge in [0, 0.05) is 30.2 Å². The Hall–Kier alpha value is -1.77. The molecule has 3 aliphatic rings. The van der Waals surface area contributed by atoms with Crippen molar-refractivity contribution >= 4 is 40.8 Å². The van der Waals surface area contributed by atoms with Gasteiger partial charge < -0.3 is 22.1 Å². The fourth-order valence-corrected chi connectivity index (χ4v) is 6.88. The van der Waals surface area contributed by atoms with Gasteiger partial charge in [-0.2, -0.15) is 0 Å². The summed E-state index contributed by atoms with van der Waals surface area (Å²) < 4.78 is 0. The summed E-state index contributed by atoms with van der Waals surface area (Å²) in [4.78, 5) is 16.2. The molecule has 2 saturated carbocycles. The van der Waals surface area contributed by atoms with Crippen LogP contribution in [0.1, 0.15) is 38.5 Å². The number of nitrogens with two attached hydrogens (primary N) is 3. The molecule has 0 radical (unpaired) electrons. The van der Waals surface area contributed by atoms with Crippen LogP contribution in [0, 0.1) is 17.3 Å². The van der Waals surface area contributed by atoms with Crippen molar-refractivity contribution in [2.45, 2.75) is 54.5 Å². The number of nitrogen functional groups attached to an aromatic ring is 2. The summed E-state index contributed by atoms with van der Waals surface area (Å²) in [5, 5.41) is 1.03. The number of halogens is 1. The third kappa shape index (κ3) is 3.39. The van der Waals surface area contributed by atoms with Crippen molar-refractivity contribution < 1.29 is 0 Å². The standard InChI is InChI=1S/C21H28ClN7S/c22-16-14(4-7-26-18(16)24)30-20-19(25)28-15(11-27-20)29-8-5-21(6-9-29)10-12-2-1-3-13(12)17(21)23/h4,7,11-13,17H,1-3,5-6,8-10,23H2,(H2,24,26)(H2,25,28). The summed E-state index contributed by atoms with van der Waals surface area (Å²) in [6.07, 6.45) is 11.1. The van der Waals surface area contributed by atoms with Gasteiger partial charge in [-0.05, 0) is 49.0 Å². The number of nitrogens with zero attached hydrogens (tertiary/aromatic N) is 4. The number of hydrogen-bond acceptors (Lipinski definition) is 8. The molecule has 1 saturated heterocycles. The van der Waals surface area contributed by atoms with Crippen LogP contribution in [0.3, 0.4) is 0 Å². The van der Waals surface area contributed by atoms with Gasteiger partial charge >= 0.3 is 0 Å². The van der Waals surface area contributed by atoms with Crippen molar-refractivity contribution in [2.75, 3.05) is 29.5 Å². The van der Waals surface area contributed by atoms with Gasteiger partial charge in [-0.1, -0.05) is 36.2 Å². The normalized spacial score (nSPS) is 27.5. The van der Waals surface area contributed by atoms with Gasteiger partial charge in [-0.15, -0.1) is 0 Å². The molecule has 0 bridgehead atoms. The van der Waals surface area contributed by atoms with E-state index in [0.29, 0.717) is 33.1 Å². The van der Waals surface area contributed by atoms with E-state index in [-0.39, 0.29) is 0 Å². The number of aromatic nitrogens is 3. The molecule has 5 rings (SSSR count). The van der Waals surface area contributed by atoms with Gasteiger partial charge in [0.05, 0.1) is 11.2 Å². The van der Waals surface area contributed by atoms with E-state index in [1.807, 2.05) is 0 Å². The molecule has 3 fully saturated rings. The Labute approximate surface area is 186 Å². The van der Waals surface area contributed by atoms with Crippen molar-refractivity contribution in [1.82, 2.24) is 15.0 Å². The Bertz CT molecular complexity index is 947. The number of anilines is 3. The lowest BCUT2D eigenvalue weighted by molar-refractivity contribution is 0.177. The number of piperidine rings is 1. The fraction of sp³-hybridized carbons (Fsp3) is 0.571. The van der Waals surface area contributed by atoms with Gasteiger partial charge in [-0.25, -0.2) is 15.0 Å². The van der Waals surface area contributed by atoms with Crippen LogP contribution in [0.25, 0.3) is 0 Å². The van der Waals surface area contributed by atoms with E-state index in [9.17, 15) is 0 Å². The predicted molar refractivity (Wildman–Crippen MR) is 122 cm³/mol. The van der Waals surface area contributed by atoms with Crippen molar-refractivity contribution in [1.29, 1.82) is 0 Å². The molecule has 2 aliphatic carbocycles. The molecule has 30 heavy (non-hydrogen) atoms. The molecule has 2 aromatic heterocycles. The molecule has 0 aromatic carbocycles. The molecule has 3 heterocycles. The monoisotopic (exact) mass is 445 g/mol. The Morgan fingerprint density at radius 2 is 1.93 bits per heavy atom. The largest absolute Gasteiger partial charge is 0.382 e. The average molecular weight is 446 g/mol. The number of hydrogen-bond donors (Lipinski definition) is 3. The average Bonchev–Trinajstić information content (AvgIpc) is 3.29. The second-order valence-corrected chi connectivity index (χ2v) is 10.4. The minimum atomic E-state index is 0.293. The Morgan fingerprint density at radius 1 is 1.13 bits per heavy atom. The van der Waals surface area contributed by atoms with Crippen molar-refractivity contribution in [3.05, 3.63) is 23.5 Å². The molecule has 2 aromatic rings. The van der Waals surface area contributed by atoms with Crippen LogP contribution in [-0.4, -0.2) is 34.1 Å². The molecule has 160 valence electrons. The van der Waals surface area contributed by atoms with E-state index >= 15 is 0 Å². The van der Waals surface area contributed by atoms with Crippen LogP contribution < -0.4 is 22.1 Å². The van der Waals surface area contributed by atoms with E-state index in [1.54, 1.807) is 18.5 Å². The molecule has 3 unspecified atom stereocenters. The maximum absolute atomic E-state index is 6.76. The molecular formula is C21H28ClN7S. The van der Waals surface area contributed by atoms with Gasteiger partial charge in [0.25, 0.3) is 0 Å². The number of pyridine rings is 1. The highest BCUT2D eigenvalue weighted by Crippen LogP contribution is 2.56. The predicted octanol–water partition coefficient (Wildman–Crippen LogP) is 3.57. The van der Waals surface area contributed by atoms with E-state index in [4.69, 9.17) is 28.8 Å². The minimum absolute atomic E-state index is 0.293. The molecule has 3 atom stereocenters. The van der Waals surface area contributed by atoms with Crippen LogP contribution in [-0.2, 0) is 0 Å². The zero-order valence-corrected chi connectivity index (χ0v) is 18.5. The highest BCUT2D eigenvalue weighted by Gasteiger charge is 2.53. The van der Waals surface area contributed by atoms with E-state index in [2.05, 4.69) is 19.9 Å². The quantitative estimate of drug-likeness (QED) is 0.655. The third-order valence-corrected chi connectivity index (χ3v) is 9.05. The van der Waals surface area contributed by atoms with Crippen LogP contribution in [0.5, 0.6) is 0 Å². The first-order chi connectivity index (χ1) is 14.5. The highest BCUT2D eigenvalue weighted by molar-refractivity contribution is 7.99. The number of rotatable bonds is 3. The Morgan fingerprint density at radius 3 is 2.67 bits per heavy atom. The lowest BCUT2D eigenvalue weighted by Gasteiger charge is -2.43. The fourth-order valence-electron chi connectivity index (χ4n) is 5.86. The first-order valence-electron chi connectivity index (χ1n) is 10.7. The van der Waals surface area contributed by atoms with Crippen molar-refractivity contribution in [2.24, 2.45) is 23.0 Å². The molecular weight excluding hydrogens is 418 g/mol.